The minimum atomic E-state index is -0.629. The monoisotopic (exact) mass is 564 g/mol. The van der Waals surface area contributed by atoms with E-state index >= 15 is 0 Å². The average Bonchev–Trinajstić information content (AvgIpc) is 3.34. The first kappa shape index (κ1) is 30.2. The number of halogens is 1. The molecular formula is C31H41FN6O3. The largest absolute Gasteiger partial charge is 0.399 e. The first-order valence-electron chi connectivity index (χ1n) is 14.4. The number of aryl methyl sites for hydroxylation is 2. The number of alkyl halides is 1. The number of hydrogen-bond acceptors (Lipinski definition) is 6. The van der Waals surface area contributed by atoms with Gasteiger partial charge in [-0.05, 0) is 62.3 Å². The number of benzene rings is 2. The Morgan fingerprint density at radius 1 is 1.00 bits per heavy atom. The molecule has 2 heterocycles. The van der Waals surface area contributed by atoms with E-state index in [0.29, 0.717) is 55.0 Å². The van der Waals surface area contributed by atoms with Gasteiger partial charge in [0.25, 0.3) is 5.56 Å². The molecule has 2 unspecified atom stereocenters. The molecule has 0 fully saturated rings. The van der Waals surface area contributed by atoms with Gasteiger partial charge in [-0.2, -0.15) is 0 Å². The molecule has 9 nitrogen and oxygen atoms in total. The van der Waals surface area contributed by atoms with Crippen LogP contribution in [0.1, 0.15) is 62.6 Å². The molecule has 0 aliphatic carbocycles. The van der Waals surface area contributed by atoms with Gasteiger partial charge < -0.3 is 15.4 Å². The SMILES string of the molecule is CCC(O)CNC(C)n1c(Cc2ccccc2)nc2c1c(=O)n(CCCF)c(=O)n2CCCCc1cccc(N)c1. The Labute approximate surface area is 239 Å². The molecule has 0 aliphatic heterocycles. The van der Waals surface area contributed by atoms with Gasteiger partial charge in [-0.15, -0.1) is 0 Å². The molecule has 41 heavy (non-hydrogen) atoms. The minimum Gasteiger partial charge on any atom is -0.399 e. The van der Waals surface area contributed by atoms with Gasteiger partial charge >= 0.3 is 5.69 Å². The highest BCUT2D eigenvalue weighted by Crippen LogP contribution is 2.20. The normalized spacial score (nSPS) is 13.1. The first-order chi connectivity index (χ1) is 19.8. The molecule has 4 rings (SSSR count). The first-order valence-corrected chi connectivity index (χ1v) is 14.4. The highest BCUT2D eigenvalue weighted by atomic mass is 19.1. The molecule has 4 aromatic rings. The van der Waals surface area contributed by atoms with Gasteiger partial charge in [0.1, 0.15) is 5.82 Å². The molecule has 0 aliphatic rings. The number of rotatable bonds is 15. The van der Waals surface area contributed by atoms with Crippen LogP contribution in [0.4, 0.5) is 10.1 Å². The van der Waals surface area contributed by atoms with Crippen LogP contribution in [0.25, 0.3) is 11.2 Å². The Morgan fingerprint density at radius 2 is 1.73 bits per heavy atom. The van der Waals surface area contributed by atoms with E-state index in [1.807, 2.05) is 73.0 Å². The fourth-order valence-corrected chi connectivity index (χ4v) is 5.13. The Hall–Kier alpha value is -3.76. The second-order valence-corrected chi connectivity index (χ2v) is 10.5. The summed E-state index contributed by atoms with van der Waals surface area (Å²) in [5.74, 6) is 0.630. The zero-order valence-electron chi connectivity index (χ0n) is 23.9. The molecule has 2 aromatic carbocycles. The van der Waals surface area contributed by atoms with Gasteiger partial charge in [-0.1, -0.05) is 49.4 Å². The van der Waals surface area contributed by atoms with Crippen LogP contribution in [-0.4, -0.2) is 43.1 Å². The summed E-state index contributed by atoms with van der Waals surface area (Å²) in [4.78, 5) is 32.3. The second-order valence-electron chi connectivity index (χ2n) is 10.5. The predicted octanol–water partition coefficient (Wildman–Crippen LogP) is 3.79. The summed E-state index contributed by atoms with van der Waals surface area (Å²) in [5.41, 5.74) is 8.44. The van der Waals surface area contributed by atoms with E-state index in [1.165, 1.54) is 0 Å². The topological polar surface area (TPSA) is 120 Å². The number of nitrogens with one attached hydrogen (secondary N) is 1. The summed E-state index contributed by atoms with van der Waals surface area (Å²) in [5, 5.41) is 13.5. The lowest BCUT2D eigenvalue weighted by molar-refractivity contribution is 0.159. The summed E-state index contributed by atoms with van der Waals surface area (Å²) in [6.45, 7) is 3.87. The quantitative estimate of drug-likeness (QED) is 0.149. The molecule has 10 heteroatoms. The molecule has 0 radical (unpaired) electrons. The van der Waals surface area contributed by atoms with Gasteiger partial charge in [-0.3, -0.25) is 23.6 Å². The molecule has 4 N–H and O–H groups in total. The Kier molecular flexibility index (Phi) is 10.5. The third kappa shape index (κ3) is 7.31. The Morgan fingerprint density at radius 3 is 2.44 bits per heavy atom. The van der Waals surface area contributed by atoms with Gasteiger partial charge in [0.15, 0.2) is 11.2 Å². The van der Waals surface area contributed by atoms with Crippen LogP contribution in [0, 0.1) is 0 Å². The zero-order chi connectivity index (χ0) is 29.4. The van der Waals surface area contributed by atoms with Gasteiger partial charge in [0, 0.05) is 31.7 Å². The van der Waals surface area contributed by atoms with Crippen LogP contribution in [0.3, 0.4) is 0 Å². The van der Waals surface area contributed by atoms with Crippen molar-refractivity contribution in [2.24, 2.45) is 0 Å². The van der Waals surface area contributed by atoms with Crippen LogP contribution < -0.4 is 22.3 Å². The number of nitrogens with zero attached hydrogens (tertiary/aromatic N) is 4. The van der Waals surface area contributed by atoms with Crippen LogP contribution in [-0.2, 0) is 25.9 Å². The second kappa shape index (κ2) is 14.2. The van der Waals surface area contributed by atoms with Crippen molar-refractivity contribution in [1.82, 2.24) is 24.0 Å². The molecular weight excluding hydrogens is 523 g/mol. The van der Waals surface area contributed by atoms with Crippen molar-refractivity contribution in [3.8, 4) is 0 Å². The number of unbranched alkanes of at least 4 members (excludes halogenated alkanes) is 1. The number of aliphatic hydroxyl groups is 1. The lowest BCUT2D eigenvalue weighted by atomic mass is 10.1. The van der Waals surface area contributed by atoms with E-state index in [0.717, 1.165) is 28.5 Å². The molecule has 0 bridgehead atoms. The molecule has 2 atom stereocenters. The van der Waals surface area contributed by atoms with Crippen molar-refractivity contribution in [2.45, 2.75) is 77.7 Å². The van der Waals surface area contributed by atoms with Crippen LogP contribution in [0.2, 0.25) is 0 Å². The number of imidazole rings is 1. The van der Waals surface area contributed by atoms with Gasteiger partial charge in [-0.25, -0.2) is 9.78 Å². The number of nitrogens with two attached hydrogens (primary N) is 1. The maximum atomic E-state index is 13.8. The lowest BCUT2D eigenvalue weighted by Crippen LogP contribution is -2.41. The number of aliphatic hydroxyl groups excluding tert-OH is 1. The highest BCUT2D eigenvalue weighted by molar-refractivity contribution is 5.71. The van der Waals surface area contributed by atoms with Crippen LogP contribution >= 0.6 is 0 Å². The summed E-state index contributed by atoms with van der Waals surface area (Å²) in [6.07, 6.45) is 2.48. The Bertz CT molecular complexity index is 1550. The minimum absolute atomic E-state index is 0.0110. The zero-order valence-corrected chi connectivity index (χ0v) is 23.9. The van der Waals surface area contributed by atoms with Crippen molar-refractivity contribution >= 4 is 16.9 Å². The summed E-state index contributed by atoms with van der Waals surface area (Å²) in [7, 11) is 0. The number of fused-ring (bicyclic) bond motifs is 1. The fraction of sp³-hybridized carbons (Fsp3) is 0.452. The number of anilines is 1. The highest BCUT2D eigenvalue weighted by Gasteiger charge is 2.24. The predicted molar refractivity (Wildman–Crippen MR) is 161 cm³/mol. The van der Waals surface area contributed by atoms with E-state index < -0.39 is 30.2 Å². The van der Waals surface area contributed by atoms with Gasteiger partial charge in [0.2, 0.25) is 0 Å². The molecule has 2 aromatic heterocycles. The third-order valence-electron chi connectivity index (χ3n) is 7.41. The third-order valence-corrected chi connectivity index (χ3v) is 7.41. The molecule has 0 amide bonds. The van der Waals surface area contributed by atoms with Crippen molar-refractivity contribution in [1.29, 1.82) is 0 Å². The maximum Gasteiger partial charge on any atom is 0.332 e. The number of hydrogen-bond donors (Lipinski definition) is 3. The summed E-state index contributed by atoms with van der Waals surface area (Å²) in [6, 6.07) is 17.6. The average molecular weight is 565 g/mol. The van der Waals surface area contributed by atoms with E-state index in [4.69, 9.17) is 10.7 Å². The summed E-state index contributed by atoms with van der Waals surface area (Å²) < 4.78 is 17.7. The Balaban J connectivity index is 1.77. The number of aromatic nitrogens is 4. The van der Waals surface area contributed by atoms with E-state index in [-0.39, 0.29) is 13.0 Å². The molecule has 220 valence electrons. The van der Waals surface area contributed by atoms with Crippen molar-refractivity contribution in [2.75, 3.05) is 19.0 Å². The maximum absolute atomic E-state index is 13.8. The lowest BCUT2D eigenvalue weighted by Gasteiger charge is -2.21. The molecule has 0 saturated heterocycles. The number of nitrogen functional groups attached to an aromatic ring is 1. The summed E-state index contributed by atoms with van der Waals surface area (Å²) >= 11 is 0. The van der Waals surface area contributed by atoms with E-state index in [2.05, 4.69) is 5.32 Å². The molecule has 0 spiro atoms. The fourth-order valence-electron chi connectivity index (χ4n) is 5.13. The smallest absolute Gasteiger partial charge is 0.332 e. The van der Waals surface area contributed by atoms with Crippen molar-refractivity contribution in [3.63, 3.8) is 0 Å². The molecule has 0 saturated carbocycles. The van der Waals surface area contributed by atoms with Crippen molar-refractivity contribution < 1.29 is 9.50 Å². The van der Waals surface area contributed by atoms with E-state index in [1.54, 1.807) is 4.57 Å². The van der Waals surface area contributed by atoms with E-state index in [9.17, 15) is 19.1 Å². The van der Waals surface area contributed by atoms with Crippen LogP contribution in [0.15, 0.2) is 64.2 Å². The van der Waals surface area contributed by atoms with Crippen molar-refractivity contribution in [3.05, 3.63) is 92.4 Å². The van der Waals surface area contributed by atoms with Crippen LogP contribution in [0.5, 0.6) is 0 Å². The van der Waals surface area contributed by atoms with Gasteiger partial charge in [0.05, 0.1) is 18.9 Å². The standard InChI is InChI=1S/C31H41FN6O3/c1-3-26(39)21-34-22(2)38-27(20-24-11-5-4-6-12-24)35-29-28(38)30(40)37(18-10-16-32)31(41)36(29)17-8-7-13-23-14-9-15-25(33)19-23/h4-6,9,11-12,14-15,19,22,26,34,39H,3,7-8,10,13,16-18,20-21,33H2,1-2H3.